The lowest BCUT2D eigenvalue weighted by Gasteiger charge is -2.02. The summed E-state index contributed by atoms with van der Waals surface area (Å²) in [5, 5.41) is 13.1. The first-order chi connectivity index (χ1) is 8.33. The fraction of sp³-hybridized carbons (Fsp3) is 0.400. The second kappa shape index (κ2) is 4.62. The number of hydrogen-bond donors (Lipinski definition) is 0. The molecule has 0 saturated heterocycles. The Bertz CT molecular complexity index is 525. The minimum Gasteiger partial charge on any atom is -0.240 e. The first-order valence-corrected chi connectivity index (χ1v) is 6.71. The lowest BCUT2D eigenvalue weighted by molar-refractivity contribution is 0.565. The van der Waals surface area contributed by atoms with Crippen LogP contribution in [-0.4, -0.2) is 25.2 Å². The summed E-state index contributed by atoms with van der Waals surface area (Å²) in [4.78, 5) is 4.23. The van der Waals surface area contributed by atoms with Crippen LogP contribution in [0.3, 0.4) is 0 Å². The molecule has 0 aromatic carbocycles. The van der Waals surface area contributed by atoms with E-state index >= 15 is 0 Å². The molecule has 17 heavy (non-hydrogen) atoms. The van der Waals surface area contributed by atoms with Gasteiger partial charge in [0, 0.05) is 5.75 Å². The molecule has 0 N–H and O–H groups in total. The topological polar surface area (TPSA) is 56.5 Å². The van der Waals surface area contributed by atoms with Crippen LogP contribution in [0.2, 0.25) is 5.15 Å². The summed E-state index contributed by atoms with van der Waals surface area (Å²) in [5.41, 5.74) is 0.938. The largest absolute Gasteiger partial charge is 0.240 e. The molecule has 1 saturated carbocycles. The molecule has 3 rings (SSSR count). The van der Waals surface area contributed by atoms with Gasteiger partial charge in [0.15, 0.2) is 0 Å². The minimum absolute atomic E-state index is 0.500. The predicted molar refractivity (Wildman–Crippen MR) is 64.9 cm³/mol. The van der Waals surface area contributed by atoms with Crippen molar-refractivity contribution in [3.63, 3.8) is 0 Å². The molecular weight excluding hydrogens is 258 g/mol. The first kappa shape index (κ1) is 11.0. The maximum atomic E-state index is 5.83. The second-order valence-electron chi connectivity index (χ2n) is 3.88. The van der Waals surface area contributed by atoms with Crippen LogP contribution in [0.1, 0.15) is 24.6 Å². The normalized spacial score (nSPS) is 15.1. The Labute approximate surface area is 108 Å². The molecule has 2 aromatic heterocycles. The first-order valence-electron chi connectivity index (χ1n) is 5.35. The maximum absolute atomic E-state index is 5.83. The van der Waals surface area contributed by atoms with E-state index in [4.69, 9.17) is 11.6 Å². The molecule has 5 nitrogen and oxygen atoms in total. The van der Waals surface area contributed by atoms with Crippen molar-refractivity contribution in [3.8, 4) is 0 Å². The molecular formula is C10H10ClN5S. The summed E-state index contributed by atoms with van der Waals surface area (Å²) in [7, 11) is 0. The number of pyridine rings is 1. The highest BCUT2D eigenvalue weighted by molar-refractivity contribution is 7.98. The monoisotopic (exact) mass is 267 g/mol. The molecule has 0 unspecified atom stereocenters. The molecule has 1 aliphatic carbocycles. The van der Waals surface area contributed by atoms with Gasteiger partial charge in [-0.05, 0) is 35.4 Å². The van der Waals surface area contributed by atoms with Crippen LogP contribution in [0.15, 0.2) is 23.4 Å². The van der Waals surface area contributed by atoms with Crippen LogP contribution in [0.5, 0.6) is 0 Å². The van der Waals surface area contributed by atoms with Crippen LogP contribution in [0.25, 0.3) is 0 Å². The SMILES string of the molecule is Clc1cccc(CSc2nnnn2C2CC2)n1. The zero-order valence-electron chi connectivity index (χ0n) is 8.95. The Morgan fingerprint density at radius 1 is 1.41 bits per heavy atom. The number of thioether (sulfide) groups is 1. The summed E-state index contributed by atoms with van der Waals surface area (Å²) in [5.74, 6) is 0.730. The number of tetrazole rings is 1. The van der Waals surface area contributed by atoms with Gasteiger partial charge < -0.3 is 0 Å². The summed E-state index contributed by atoms with van der Waals surface area (Å²) in [6, 6.07) is 6.11. The van der Waals surface area contributed by atoms with Crippen LogP contribution in [0, 0.1) is 0 Å². The van der Waals surface area contributed by atoms with Crippen LogP contribution in [0.4, 0.5) is 0 Å². The van der Waals surface area contributed by atoms with E-state index in [1.165, 1.54) is 12.8 Å². The van der Waals surface area contributed by atoms with E-state index in [-0.39, 0.29) is 0 Å². The average Bonchev–Trinajstić information content (AvgIpc) is 3.06. The van der Waals surface area contributed by atoms with E-state index in [9.17, 15) is 0 Å². The number of halogens is 1. The zero-order chi connectivity index (χ0) is 11.7. The molecule has 2 aromatic rings. The van der Waals surface area contributed by atoms with Gasteiger partial charge in [-0.1, -0.05) is 29.4 Å². The number of aromatic nitrogens is 5. The average molecular weight is 268 g/mol. The van der Waals surface area contributed by atoms with E-state index in [0.717, 1.165) is 16.6 Å². The molecule has 0 spiro atoms. The third-order valence-electron chi connectivity index (χ3n) is 2.48. The Morgan fingerprint density at radius 3 is 3.06 bits per heavy atom. The Kier molecular flexibility index (Phi) is 2.98. The van der Waals surface area contributed by atoms with Gasteiger partial charge >= 0.3 is 0 Å². The van der Waals surface area contributed by atoms with E-state index in [1.807, 2.05) is 16.8 Å². The third kappa shape index (κ3) is 2.58. The lowest BCUT2D eigenvalue weighted by Crippen LogP contribution is -1.99. The van der Waals surface area contributed by atoms with Crippen molar-refractivity contribution in [3.05, 3.63) is 29.0 Å². The minimum atomic E-state index is 0.500. The molecule has 0 bridgehead atoms. The number of nitrogens with zero attached hydrogens (tertiary/aromatic N) is 5. The van der Waals surface area contributed by atoms with Gasteiger partial charge in [-0.2, -0.15) is 0 Å². The predicted octanol–water partition coefficient (Wildman–Crippen LogP) is 2.35. The molecule has 2 heterocycles. The van der Waals surface area contributed by atoms with Gasteiger partial charge in [-0.25, -0.2) is 9.67 Å². The molecule has 0 amide bonds. The lowest BCUT2D eigenvalue weighted by atomic mass is 10.4. The van der Waals surface area contributed by atoms with Gasteiger partial charge in [0.05, 0.1) is 11.7 Å². The third-order valence-corrected chi connectivity index (χ3v) is 3.65. The quantitative estimate of drug-likeness (QED) is 0.629. The molecule has 0 radical (unpaired) electrons. The molecule has 1 fully saturated rings. The van der Waals surface area contributed by atoms with Gasteiger partial charge in [0.2, 0.25) is 5.16 Å². The van der Waals surface area contributed by atoms with Crippen molar-refractivity contribution in [1.82, 2.24) is 25.2 Å². The molecule has 88 valence electrons. The van der Waals surface area contributed by atoms with E-state index in [1.54, 1.807) is 17.8 Å². The van der Waals surface area contributed by atoms with Crippen molar-refractivity contribution in [1.29, 1.82) is 0 Å². The van der Waals surface area contributed by atoms with Crippen LogP contribution in [-0.2, 0) is 5.75 Å². The molecule has 0 aliphatic heterocycles. The fourth-order valence-corrected chi connectivity index (χ4v) is 2.53. The van der Waals surface area contributed by atoms with Crippen molar-refractivity contribution in [2.24, 2.45) is 0 Å². The Morgan fingerprint density at radius 2 is 2.29 bits per heavy atom. The second-order valence-corrected chi connectivity index (χ2v) is 5.21. The highest BCUT2D eigenvalue weighted by Crippen LogP contribution is 2.36. The van der Waals surface area contributed by atoms with Crippen molar-refractivity contribution in [2.75, 3.05) is 0 Å². The van der Waals surface area contributed by atoms with E-state index in [2.05, 4.69) is 20.5 Å². The van der Waals surface area contributed by atoms with Gasteiger partial charge in [-0.3, -0.25) is 0 Å². The highest BCUT2D eigenvalue weighted by atomic mass is 35.5. The van der Waals surface area contributed by atoms with E-state index < -0.39 is 0 Å². The summed E-state index contributed by atoms with van der Waals surface area (Å²) < 4.78 is 1.90. The Balaban J connectivity index is 1.69. The van der Waals surface area contributed by atoms with Crippen molar-refractivity contribution in [2.45, 2.75) is 29.8 Å². The zero-order valence-corrected chi connectivity index (χ0v) is 10.5. The van der Waals surface area contributed by atoms with Crippen molar-refractivity contribution < 1.29 is 0 Å². The van der Waals surface area contributed by atoms with Gasteiger partial charge in [0.1, 0.15) is 5.15 Å². The molecule has 1 aliphatic rings. The smallest absolute Gasteiger partial charge is 0.209 e. The number of rotatable bonds is 4. The fourth-order valence-electron chi connectivity index (χ4n) is 1.50. The standard InChI is InChI=1S/C10H10ClN5S/c11-9-3-1-2-7(12-9)6-17-10-13-14-15-16(10)8-4-5-8/h1-3,8H,4-6H2. The summed E-state index contributed by atoms with van der Waals surface area (Å²) in [6.07, 6.45) is 2.35. The van der Waals surface area contributed by atoms with Crippen LogP contribution < -0.4 is 0 Å². The van der Waals surface area contributed by atoms with E-state index in [0.29, 0.717) is 11.2 Å². The Hall–Kier alpha value is -1.14. The van der Waals surface area contributed by atoms with Gasteiger partial charge in [0.25, 0.3) is 0 Å². The summed E-state index contributed by atoms with van der Waals surface area (Å²) >= 11 is 7.42. The van der Waals surface area contributed by atoms with Crippen molar-refractivity contribution >= 4 is 23.4 Å². The summed E-state index contributed by atoms with van der Waals surface area (Å²) in [6.45, 7) is 0. The van der Waals surface area contributed by atoms with Crippen LogP contribution >= 0.6 is 23.4 Å². The number of hydrogen-bond acceptors (Lipinski definition) is 5. The van der Waals surface area contributed by atoms with Gasteiger partial charge in [-0.15, -0.1) is 5.10 Å². The maximum Gasteiger partial charge on any atom is 0.209 e. The molecule has 0 atom stereocenters. The molecule has 7 heteroatoms. The highest BCUT2D eigenvalue weighted by Gasteiger charge is 2.27.